The Morgan fingerprint density at radius 3 is 2.44 bits per heavy atom. The largest absolute Gasteiger partial charge is 0.368 e. The van der Waals surface area contributed by atoms with Gasteiger partial charge in [-0.1, -0.05) is 25.3 Å². The van der Waals surface area contributed by atoms with Gasteiger partial charge in [0, 0.05) is 6.92 Å². The van der Waals surface area contributed by atoms with E-state index in [2.05, 4.69) is 11.9 Å². The molecule has 0 spiro atoms. The lowest BCUT2D eigenvalue weighted by atomic mass is 10.1. The zero-order chi connectivity index (χ0) is 12.4. The van der Waals surface area contributed by atoms with Crippen molar-refractivity contribution in [2.24, 2.45) is 5.73 Å². The molecule has 0 bridgehead atoms. The average molecular weight is 226 g/mol. The summed E-state index contributed by atoms with van der Waals surface area (Å²) in [5.41, 5.74) is 5.18. The number of rotatable bonds is 9. The van der Waals surface area contributed by atoms with E-state index in [4.69, 9.17) is 5.73 Å². The lowest BCUT2D eigenvalue weighted by Crippen LogP contribution is -2.43. The Bertz CT molecular complexity index is 239. The van der Waals surface area contributed by atoms with Crippen molar-refractivity contribution in [2.75, 3.05) is 0 Å². The maximum atomic E-state index is 11.0. The van der Waals surface area contributed by atoms with Crippen molar-refractivity contribution in [2.45, 2.75) is 51.5 Å². The molecule has 0 rings (SSSR count). The SMILES string of the molecule is C=CCCCCCC[C@@H](NC(C)=O)C(N)=O. The van der Waals surface area contributed by atoms with Crippen molar-refractivity contribution in [3.63, 3.8) is 0 Å². The predicted octanol–water partition coefficient (Wildman–Crippen LogP) is 1.50. The van der Waals surface area contributed by atoms with Crippen molar-refractivity contribution in [3.8, 4) is 0 Å². The minimum atomic E-state index is -0.517. The maximum Gasteiger partial charge on any atom is 0.239 e. The molecule has 92 valence electrons. The number of amides is 2. The van der Waals surface area contributed by atoms with Crippen molar-refractivity contribution >= 4 is 11.8 Å². The minimum absolute atomic E-state index is 0.213. The molecular weight excluding hydrogens is 204 g/mol. The van der Waals surface area contributed by atoms with E-state index in [1.165, 1.54) is 6.92 Å². The molecule has 4 heteroatoms. The standard InChI is InChI=1S/C12H22N2O2/c1-3-4-5-6-7-8-9-11(12(13)16)14-10(2)15/h3,11H,1,4-9H2,2H3,(H2,13,16)(H,14,15)/t11-/m1/s1. The first-order chi connectivity index (χ1) is 7.57. The molecule has 0 aliphatic heterocycles. The Labute approximate surface area is 97.3 Å². The number of hydrogen-bond acceptors (Lipinski definition) is 2. The Hall–Kier alpha value is -1.32. The number of carbonyl (C=O) groups excluding carboxylic acids is 2. The minimum Gasteiger partial charge on any atom is -0.368 e. The second-order valence-corrected chi connectivity index (χ2v) is 3.94. The van der Waals surface area contributed by atoms with Crippen LogP contribution in [-0.4, -0.2) is 17.9 Å². The van der Waals surface area contributed by atoms with Crippen LogP contribution in [0, 0.1) is 0 Å². The number of nitrogens with one attached hydrogen (secondary N) is 1. The Kier molecular flexibility index (Phi) is 8.21. The highest BCUT2D eigenvalue weighted by atomic mass is 16.2. The van der Waals surface area contributed by atoms with Gasteiger partial charge in [0.05, 0.1) is 0 Å². The van der Waals surface area contributed by atoms with Crippen LogP contribution in [0.3, 0.4) is 0 Å². The Morgan fingerprint density at radius 1 is 1.31 bits per heavy atom. The Morgan fingerprint density at radius 2 is 1.94 bits per heavy atom. The molecule has 2 amide bonds. The molecule has 0 fully saturated rings. The molecule has 16 heavy (non-hydrogen) atoms. The highest BCUT2D eigenvalue weighted by molar-refractivity contribution is 5.85. The molecule has 0 radical (unpaired) electrons. The molecular formula is C12H22N2O2. The van der Waals surface area contributed by atoms with Gasteiger partial charge in [0.2, 0.25) is 11.8 Å². The lowest BCUT2D eigenvalue weighted by Gasteiger charge is -2.13. The van der Waals surface area contributed by atoms with Crippen LogP contribution in [0.5, 0.6) is 0 Å². The molecule has 0 aromatic rings. The summed E-state index contributed by atoms with van der Waals surface area (Å²) in [6.07, 6.45) is 7.78. The van der Waals surface area contributed by atoms with E-state index in [0.717, 1.165) is 32.1 Å². The van der Waals surface area contributed by atoms with Gasteiger partial charge in [0.15, 0.2) is 0 Å². The van der Waals surface area contributed by atoms with E-state index in [9.17, 15) is 9.59 Å². The van der Waals surface area contributed by atoms with E-state index in [1.807, 2.05) is 6.08 Å². The van der Waals surface area contributed by atoms with Crippen LogP contribution in [-0.2, 0) is 9.59 Å². The first kappa shape index (κ1) is 14.7. The summed E-state index contributed by atoms with van der Waals surface area (Å²) in [7, 11) is 0. The molecule has 1 atom stereocenters. The fourth-order valence-electron chi connectivity index (χ4n) is 1.52. The maximum absolute atomic E-state index is 11.0. The molecule has 0 aromatic heterocycles. The van der Waals surface area contributed by atoms with Gasteiger partial charge in [-0.05, 0) is 19.3 Å². The van der Waals surface area contributed by atoms with Gasteiger partial charge in [-0.15, -0.1) is 6.58 Å². The first-order valence-electron chi connectivity index (χ1n) is 5.75. The zero-order valence-corrected chi connectivity index (χ0v) is 10.00. The van der Waals surface area contributed by atoms with Gasteiger partial charge in [-0.2, -0.15) is 0 Å². The molecule has 4 nitrogen and oxygen atoms in total. The molecule has 0 aliphatic carbocycles. The number of allylic oxidation sites excluding steroid dienone is 1. The molecule has 0 saturated carbocycles. The number of unbranched alkanes of at least 4 members (excludes halogenated alkanes) is 4. The van der Waals surface area contributed by atoms with Gasteiger partial charge in [0.25, 0.3) is 0 Å². The van der Waals surface area contributed by atoms with E-state index in [1.54, 1.807) is 0 Å². The normalized spacial score (nSPS) is 11.8. The summed E-state index contributed by atoms with van der Waals surface area (Å²) >= 11 is 0. The van der Waals surface area contributed by atoms with Crippen LogP contribution < -0.4 is 11.1 Å². The summed E-state index contributed by atoms with van der Waals surface area (Å²) in [6, 6.07) is -0.517. The average Bonchev–Trinajstić information content (AvgIpc) is 2.20. The summed E-state index contributed by atoms with van der Waals surface area (Å²) in [6.45, 7) is 5.04. The third kappa shape index (κ3) is 8.03. The molecule has 0 unspecified atom stereocenters. The molecule has 0 aromatic carbocycles. The summed E-state index contributed by atoms with van der Waals surface area (Å²) in [5.74, 6) is -0.670. The van der Waals surface area contributed by atoms with Crippen LogP contribution in [0.1, 0.15) is 45.4 Å². The summed E-state index contributed by atoms with van der Waals surface area (Å²) in [4.78, 5) is 21.8. The highest BCUT2D eigenvalue weighted by Crippen LogP contribution is 2.07. The summed E-state index contributed by atoms with van der Waals surface area (Å²) < 4.78 is 0. The smallest absolute Gasteiger partial charge is 0.239 e. The second kappa shape index (κ2) is 8.95. The van der Waals surface area contributed by atoms with Crippen molar-refractivity contribution < 1.29 is 9.59 Å². The molecule has 3 N–H and O–H groups in total. The zero-order valence-electron chi connectivity index (χ0n) is 10.00. The van der Waals surface area contributed by atoms with Crippen LogP contribution in [0.15, 0.2) is 12.7 Å². The Balaban J connectivity index is 3.64. The third-order valence-electron chi connectivity index (χ3n) is 2.37. The van der Waals surface area contributed by atoms with Gasteiger partial charge in [0.1, 0.15) is 6.04 Å². The number of nitrogens with two attached hydrogens (primary N) is 1. The van der Waals surface area contributed by atoms with Crippen LogP contribution in [0.25, 0.3) is 0 Å². The quantitative estimate of drug-likeness (QED) is 0.462. The predicted molar refractivity (Wildman–Crippen MR) is 64.7 cm³/mol. The van der Waals surface area contributed by atoms with Crippen LogP contribution >= 0.6 is 0 Å². The lowest BCUT2D eigenvalue weighted by molar-refractivity contribution is -0.126. The molecule has 0 aliphatic rings. The van der Waals surface area contributed by atoms with E-state index in [-0.39, 0.29) is 5.91 Å². The topological polar surface area (TPSA) is 72.2 Å². The van der Waals surface area contributed by atoms with Crippen LogP contribution in [0.2, 0.25) is 0 Å². The first-order valence-corrected chi connectivity index (χ1v) is 5.75. The molecule has 0 saturated heterocycles. The second-order valence-electron chi connectivity index (χ2n) is 3.94. The van der Waals surface area contributed by atoms with Gasteiger partial charge < -0.3 is 11.1 Å². The van der Waals surface area contributed by atoms with Crippen molar-refractivity contribution in [1.29, 1.82) is 0 Å². The summed E-state index contributed by atoms with van der Waals surface area (Å²) in [5, 5.41) is 2.55. The van der Waals surface area contributed by atoms with Crippen LogP contribution in [0.4, 0.5) is 0 Å². The monoisotopic (exact) mass is 226 g/mol. The van der Waals surface area contributed by atoms with Crippen molar-refractivity contribution in [3.05, 3.63) is 12.7 Å². The molecule has 0 heterocycles. The van der Waals surface area contributed by atoms with Gasteiger partial charge in [-0.3, -0.25) is 9.59 Å². The number of carbonyl (C=O) groups is 2. The van der Waals surface area contributed by atoms with Gasteiger partial charge in [-0.25, -0.2) is 0 Å². The highest BCUT2D eigenvalue weighted by Gasteiger charge is 2.14. The van der Waals surface area contributed by atoms with Gasteiger partial charge >= 0.3 is 0 Å². The fraction of sp³-hybridized carbons (Fsp3) is 0.667. The fourth-order valence-corrected chi connectivity index (χ4v) is 1.52. The van der Waals surface area contributed by atoms with E-state index in [0.29, 0.717) is 6.42 Å². The van der Waals surface area contributed by atoms with E-state index >= 15 is 0 Å². The van der Waals surface area contributed by atoms with E-state index < -0.39 is 11.9 Å². The van der Waals surface area contributed by atoms with Crippen molar-refractivity contribution in [1.82, 2.24) is 5.32 Å². The third-order valence-corrected chi connectivity index (χ3v) is 2.37. The number of hydrogen-bond donors (Lipinski definition) is 2. The number of primary amides is 1.